The Kier molecular flexibility index (Phi) is 4.84. The molecule has 0 amide bonds. The van der Waals surface area contributed by atoms with E-state index in [4.69, 9.17) is 0 Å². The highest BCUT2D eigenvalue weighted by atomic mass is 32.2. The summed E-state index contributed by atoms with van der Waals surface area (Å²) in [5.74, 6) is 0.903. The van der Waals surface area contributed by atoms with Crippen LogP contribution < -0.4 is 4.90 Å². The number of piperazine rings is 1. The molecule has 0 aliphatic carbocycles. The van der Waals surface area contributed by atoms with Gasteiger partial charge in [0.1, 0.15) is 10.7 Å². The van der Waals surface area contributed by atoms with Crippen molar-refractivity contribution in [2.45, 2.75) is 30.1 Å². The Balaban J connectivity index is 1.93. The molecule has 0 bridgehead atoms. The van der Waals surface area contributed by atoms with Crippen molar-refractivity contribution in [2.75, 3.05) is 38.1 Å². The van der Waals surface area contributed by atoms with E-state index in [1.54, 1.807) is 28.8 Å². The van der Waals surface area contributed by atoms with Crippen LogP contribution in [0.3, 0.4) is 0 Å². The lowest BCUT2D eigenvalue weighted by Crippen LogP contribution is -2.45. The fourth-order valence-electron chi connectivity index (χ4n) is 3.63. The minimum absolute atomic E-state index is 0.222. The second-order valence-electron chi connectivity index (χ2n) is 7.23. The van der Waals surface area contributed by atoms with Gasteiger partial charge >= 0.3 is 0 Å². The molecule has 1 fully saturated rings. The van der Waals surface area contributed by atoms with E-state index >= 15 is 0 Å². The number of benzene rings is 1. The Morgan fingerprint density at radius 1 is 1.07 bits per heavy atom. The van der Waals surface area contributed by atoms with E-state index in [9.17, 15) is 8.42 Å². The number of fused-ring (bicyclic) bond motifs is 1. The van der Waals surface area contributed by atoms with Crippen molar-refractivity contribution >= 4 is 21.3 Å². The van der Waals surface area contributed by atoms with Gasteiger partial charge in [-0.2, -0.15) is 9.61 Å². The summed E-state index contributed by atoms with van der Waals surface area (Å²) in [4.78, 5) is 9.62. The van der Waals surface area contributed by atoms with Gasteiger partial charge in [-0.05, 0) is 32.5 Å². The van der Waals surface area contributed by atoms with Crippen LogP contribution in [0.1, 0.15) is 18.3 Å². The van der Waals surface area contributed by atoms with Gasteiger partial charge in [0.05, 0.1) is 10.6 Å². The first-order chi connectivity index (χ1) is 13.4. The molecule has 1 saturated heterocycles. The van der Waals surface area contributed by atoms with Gasteiger partial charge in [-0.25, -0.2) is 13.4 Å². The summed E-state index contributed by atoms with van der Waals surface area (Å²) in [5.41, 5.74) is 1.75. The summed E-state index contributed by atoms with van der Waals surface area (Å²) in [7, 11) is -1.60. The maximum Gasteiger partial charge on any atom is 0.212 e. The number of hydrogen-bond donors (Lipinski definition) is 0. The fourth-order valence-corrected chi connectivity index (χ4v) is 5.25. The fraction of sp³-hybridized carbons (Fsp3) is 0.400. The number of aromatic nitrogens is 3. The standard InChI is InChI=1S/C20H25N5O2S/c1-4-17-19(28(26,27)16-8-6-5-7-9-16)20-21-15(2)14-18(25(20)22-17)24-12-10-23(3)11-13-24/h5-9,14H,4,10-13H2,1-3H3. The minimum Gasteiger partial charge on any atom is -0.354 e. The van der Waals surface area contributed by atoms with Gasteiger partial charge in [-0.1, -0.05) is 25.1 Å². The molecule has 0 unspecified atom stereocenters. The Hall–Kier alpha value is -2.45. The molecule has 7 nitrogen and oxygen atoms in total. The highest BCUT2D eigenvalue weighted by Gasteiger charge is 2.29. The van der Waals surface area contributed by atoms with Gasteiger partial charge in [0.25, 0.3) is 0 Å². The van der Waals surface area contributed by atoms with Crippen molar-refractivity contribution in [3.05, 3.63) is 47.8 Å². The Morgan fingerprint density at radius 3 is 2.39 bits per heavy atom. The summed E-state index contributed by atoms with van der Waals surface area (Å²) < 4.78 is 28.5. The first-order valence-electron chi connectivity index (χ1n) is 9.54. The normalized spacial score (nSPS) is 16.0. The summed E-state index contributed by atoms with van der Waals surface area (Å²) in [5, 5.41) is 4.68. The number of hydrogen-bond acceptors (Lipinski definition) is 6. The number of anilines is 1. The maximum atomic E-state index is 13.4. The number of sulfone groups is 1. The number of aryl methyl sites for hydroxylation is 2. The zero-order valence-corrected chi connectivity index (χ0v) is 17.3. The smallest absolute Gasteiger partial charge is 0.212 e. The first-order valence-corrected chi connectivity index (χ1v) is 11.0. The molecule has 28 heavy (non-hydrogen) atoms. The third-order valence-corrected chi connectivity index (χ3v) is 7.06. The van der Waals surface area contributed by atoms with Crippen molar-refractivity contribution in [1.82, 2.24) is 19.5 Å². The largest absolute Gasteiger partial charge is 0.354 e. The van der Waals surface area contributed by atoms with Crippen LogP contribution in [0.25, 0.3) is 5.65 Å². The van der Waals surface area contributed by atoms with E-state index in [1.165, 1.54) is 0 Å². The molecule has 8 heteroatoms. The lowest BCUT2D eigenvalue weighted by molar-refractivity contribution is 0.311. The molecule has 1 aromatic carbocycles. The quantitative estimate of drug-likeness (QED) is 0.670. The van der Waals surface area contributed by atoms with Crippen LogP contribution in [0.15, 0.2) is 46.2 Å². The molecule has 1 aliphatic rings. The zero-order chi connectivity index (χ0) is 19.9. The second kappa shape index (κ2) is 7.18. The first kappa shape index (κ1) is 18.9. The van der Waals surface area contributed by atoms with Gasteiger partial charge in [0.2, 0.25) is 9.84 Å². The number of likely N-dealkylation sites (N-methyl/N-ethyl adjacent to an activating group) is 1. The number of nitrogens with zero attached hydrogens (tertiary/aromatic N) is 5. The van der Waals surface area contributed by atoms with E-state index in [-0.39, 0.29) is 9.79 Å². The molecule has 1 aliphatic heterocycles. The molecular weight excluding hydrogens is 374 g/mol. The monoisotopic (exact) mass is 399 g/mol. The molecule has 148 valence electrons. The van der Waals surface area contributed by atoms with Crippen LogP contribution in [-0.4, -0.2) is 61.1 Å². The highest BCUT2D eigenvalue weighted by molar-refractivity contribution is 7.91. The van der Waals surface area contributed by atoms with E-state index in [1.807, 2.05) is 26.0 Å². The molecule has 2 aromatic heterocycles. The van der Waals surface area contributed by atoms with Gasteiger partial charge in [-0.15, -0.1) is 0 Å². The molecular formula is C20H25N5O2S. The SMILES string of the molecule is CCc1nn2c(N3CCN(C)CC3)cc(C)nc2c1S(=O)(=O)c1ccccc1. The predicted octanol–water partition coefficient (Wildman–Crippen LogP) is 2.18. The highest BCUT2D eigenvalue weighted by Crippen LogP contribution is 2.30. The molecule has 3 heterocycles. The van der Waals surface area contributed by atoms with Gasteiger partial charge in [0, 0.05) is 37.9 Å². The molecule has 0 saturated carbocycles. The molecule has 0 atom stereocenters. The Labute approximate surface area is 165 Å². The van der Waals surface area contributed by atoms with Crippen LogP contribution in [-0.2, 0) is 16.3 Å². The second-order valence-corrected chi connectivity index (χ2v) is 9.11. The van der Waals surface area contributed by atoms with Crippen LogP contribution in [0.4, 0.5) is 5.82 Å². The topological polar surface area (TPSA) is 70.8 Å². The number of rotatable bonds is 4. The average Bonchev–Trinajstić information content (AvgIpc) is 3.08. The molecule has 3 aromatic rings. The van der Waals surface area contributed by atoms with E-state index < -0.39 is 9.84 Å². The molecule has 0 spiro atoms. The van der Waals surface area contributed by atoms with Crippen molar-refractivity contribution in [3.8, 4) is 0 Å². The van der Waals surface area contributed by atoms with Crippen molar-refractivity contribution in [3.63, 3.8) is 0 Å². The summed E-state index contributed by atoms with van der Waals surface area (Å²) >= 11 is 0. The third-order valence-electron chi connectivity index (χ3n) is 5.21. The predicted molar refractivity (Wildman–Crippen MR) is 109 cm³/mol. The van der Waals surface area contributed by atoms with Crippen molar-refractivity contribution < 1.29 is 8.42 Å². The molecule has 0 radical (unpaired) electrons. The molecule has 4 rings (SSSR count). The van der Waals surface area contributed by atoms with E-state index in [2.05, 4.69) is 26.9 Å². The van der Waals surface area contributed by atoms with Crippen LogP contribution in [0.5, 0.6) is 0 Å². The van der Waals surface area contributed by atoms with Crippen molar-refractivity contribution in [1.29, 1.82) is 0 Å². The lowest BCUT2D eigenvalue weighted by Gasteiger charge is -2.34. The maximum absolute atomic E-state index is 13.4. The summed E-state index contributed by atoms with van der Waals surface area (Å²) in [6, 6.07) is 10.5. The Bertz CT molecular complexity index is 1100. The van der Waals surface area contributed by atoms with E-state index in [0.29, 0.717) is 17.8 Å². The van der Waals surface area contributed by atoms with Crippen LogP contribution in [0, 0.1) is 6.92 Å². The summed E-state index contributed by atoms with van der Waals surface area (Å²) in [6.45, 7) is 7.49. The van der Waals surface area contributed by atoms with Crippen LogP contribution in [0.2, 0.25) is 0 Å². The van der Waals surface area contributed by atoms with E-state index in [0.717, 1.165) is 37.7 Å². The van der Waals surface area contributed by atoms with Crippen molar-refractivity contribution in [2.24, 2.45) is 0 Å². The van der Waals surface area contributed by atoms with Gasteiger partial charge < -0.3 is 9.80 Å². The lowest BCUT2D eigenvalue weighted by atomic mass is 10.3. The van der Waals surface area contributed by atoms with Gasteiger partial charge in [-0.3, -0.25) is 0 Å². The summed E-state index contributed by atoms with van der Waals surface area (Å²) in [6.07, 6.45) is 0.520. The van der Waals surface area contributed by atoms with Gasteiger partial charge in [0.15, 0.2) is 5.65 Å². The average molecular weight is 400 g/mol. The minimum atomic E-state index is -3.71. The molecule has 0 N–H and O–H groups in total. The zero-order valence-electron chi connectivity index (χ0n) is 16.5. The Morgan fingerprint density at radius 2 is 1.75 bits per heavy atom. The third kappa shape index (κ3) is 3.16. The van der Waals surface area contributed by atoms with Crippen LogP contribution >= 0.6 is 0 Å².